The molecule has 0 saturated carbocycles. The van der Waals surface area contributed by atoms with Crippen LogP contribution in [0, 0.1) is 5.82 Å². The highest BCUT2D eigenvalue weighted by atomic mass is 19.1. The van der Waals surface area contributed by atoms with Crippen molar-refractivity contribution in [2.45, 2.75) is 19.6 Å². The summed E-state index contributed by atoms with van der Waals surface area (Å²) in [6.45, 7) is 1.83. The molecule has 0 saturated heterocycles. The van der Waals surface area contributed by atoms with Gasteiger partial charge < -0.3 is 10.1 Å². The minimum Gasteiger partial charge on any atom is -0.479 e. The van der Waals surface area contributed by atoms with Crippen LogP contribution in [-0.2, 0) is 16.1 Å². The van der Waals surface area contributed by atoms with E-state index in [1.165, 1.54) is 17.0 Å². The predicted molar refractivity (Wildman–Crippen MR) is 87.1 cm³/mol. The Bertz CT molecular complexity index is 761. The second-order valence-electron chi connectivity index (χ2n) is 5.56. The van der Waals surface area contributed by atoms with Crippen LogP contribution >= 0.6 is 0 Å². The predicted octanol–water partition coefficient (Wildman–Crippen LogP) is 2.26. The molecule has 1 N–H and O–H groups in total. The van der Waals surface area contributed by atoms with Crippen LogP contribution < -0.4 is 15.0 Å². The van der Waals surface area contributed by atoms with Crippen molar-refractivity contribution in [1.29, 1.82) is 0 Å². The van der Waals surface area contributed by atoms with Gasteiger partial charge in [-0.3, -0.25) is 14.5 Å². The average Bonchev–Trinajstić information content (AvgIpc) is 2.58. The number of nitrogens with zero attached hydrogens (tertiary/aromatic N) is 1. The van der Waals surface area contributed by atoms with Gasteiger partial charge >= 0.3 is 0 Å². The van der Waals surface area contributed by atoms with Gasteiger partial charge in [-0.05, 0) is 36.8 Å². The Labute approximate surface area is 139 Å². The summed E-state index contributed by atoms with van der Waals surface area (Å²) < 4.78 is 18.4. The Morgan fingerprint density at radius 1 is 1.21 bits per heavy atom. The van der Waals surface area contributed by atoms with Gasteiger partial charge in [-0.2, -0.15) is 0 Å². The standard InChI is InChI=1S/C18H17FN2O3/c1-12-18(23)21(15-4-2-3-5-16(15)24-12)11-17(22)20-10-13-6-8-14(19)9-7-13/h2-9,12H,10-11H2,1H3,(H,20,22)/t12-/m0/s1. The van der Waals surface area contributed by atoms with Crippen LogP contribution in [0.3, 0.4) is 0 Å². The molecule has 1 aliphatic rings. The van der Waals surface area contributed by atoms with E-state index in [9.17, 15) is 14.0 Å². The highest BCUT2D eigenvalue weighted by molar-refractivity contribution is 6.03. The first-order valence-corrected chi connectivity index (χ1v) is 7.63. The number of nitrogens with one attached hydrogen (secondary N) is 1. The molecule has 0 aliphatic carbocycles. The quantitative estimate of drug-likeness (QED) is 0.936. The number of ether oxygens (including phenoxy) is 1. The maximum Gasteiger partial charge on any atom is 0.268 e. The van der Waals surface area contributed by atoms with Gasteiger partial charge in [-0.1, -0.05) is 24.3 Å². The zero-order valence-corrected chi connectivity index (χ0v) is 13.2. The van der Waals surface area contributed by atoms with Gasteiger partial charge in [0, 0.05) is 6.54 Å². The number of hydrogen-bond acceptors (Lipinski definition) is 3. The molecule has 24 heavy (non-hydrogen) atoms. The summed E-state index contributed by atoms with van der Waals surface area (Å²) in [6.07, 6.45) is -0.634. The molecule has 124 valence electrons. The molecule has 5 nitrogen and oxygen atoms in total. The molecule has 1 atom stereocenters. The molecule has 0 spiro atoms. The lowest BCUT2D eigenvalue weighted by atomic mass is 10.2. The Morgan fingerprint density at radius 3 is 2.67 bits per heavy atom. The first-order valence-electron chi connectivity index (χ1n) is 7.63. The number of anilines is 1. The molecule has 3 rings (SSSR count). The minimum absolute atomic E-state index is 0.0925. The van der Waals surface area contributed by atoms with Crippen molar-refractivity contribution in [2.24, 2.45) is 0 Å². The van der Waals surface area contributed by atoms with Gasteiger partial charge in [0.05, 0.1) is 5.69 Å². The third-order valence-electron chi connectivity index (χ3n) is 3.78. The molecular formula is C18H17FN2O3. The first-order chi connectivity index (χ1) is 11.5. The van der Waals surface area contributed by atoms with Gasteiger partial charge in [0.25, 0.3) is 5.91 Å². The minimum atomic E-state index is -0.634. The third kappa shape index (κ3) is 3.37. The van der Waals surface area contributed by atoms with E-state index < -0.39 is 6.10 Å². The van der Waals surface area contributed by atoms with Crippen molar-refractivity contribution >= 4 is 17.5 Å². The van der Waals surface area contributed by atoms with E-state index in [0.717, 1.165) is 5.56 Å². The largest absolute Gasteiger partial charge is 0.479 e. The summed E-state index contributed by atoms with van der Waals surface area (Å²) in [5, 5.41) is 2.74. The molecule has 0 unspecified atom stereocenters. The average molecular weight is 328 g/mol. The molecule has 1 aliphatic heterocycles. The van der Waals surface area contributed by atoms with Gasteiger partial charge in [0.15, 0.2) is 6.10 Å². The summed E-state index contributed by atoms with van der Waals surface area (Å²) in [5.41, 5.74) is 1.37. The number of halogens is 1. The Balaban J connectivity index is 1.67. The highest BCUT2D eigenvalue weighted by Gasteiger charge is 2.32. The molecule has 2 aromatic carbocycles. The van der Waals surface area contributed by atoms with E-state index >= 15 is 0 Å². The molecule has 6 heteroatoms. The van der Waals surface area contributed by atoms with Crippen molar-refractivity contribution in [3.63, 3.8) is 0 Å². The van der Waals surface area contributed by atoms with Gasteiger partial charge in [-0.15, -0.1) is 0 Å². The van der Waals surface area contributed by atoms with Crippen LogP contribution in [0.4, 0.5) is 10.1 Å². The van der Waals surface area contributed by atoms with E-state index in [2.05, 4.69) is 5.32 Å². The van der Waals surface area contributed by atoms with Crippen molar-refractivity contribution in [2.75, 3.05) is 11.4 Å². The Kier molecular flexibility index (Phi) is 4.46. The molecule has 2 aromatic rings. The van der Waals surface area contributed by atoms with Crippen LogP contribution in [0.2, 0.25) is 0 Å². The second kappa shape index (κ2) is 6.70. The van der Waals surface area contributed by atoms with Crippen LogP contribution in [0.15, 0.2) is 48.5 Å². The van der Waals surface area contributed by atoms with E-state index in [4.69, 9.17) is 4.74 Å². The summed E-state index contributed by atoms with van der Waals surface area (Å²) in [6, 6.07) is 13.0. The number of amides is 2. The lowest BCUT2D eigenvalue weighted by molar-refractivity contribution is -0.128. The van der Waals surface area contributed by atoms with Gasteiger partial charge in [-0.25, -0.2) is 4.39 Å². The molecule has 0 fully saturated rings. The highest BCUT2D eigenvalue weighted by Crippen LogP contribution is 2.33. The lowest BCUT2D eigenvalue weighted by Crippen LogP contribution is -2.48. The summed E-state index contributed by atoms with van der Waals surface area (Å²) >= 11 is 0. The number of rotatable bonds is 4. The maximum absolute atomic E-state index is 12.9. The fourth-order valence-corrected chi connectivity index (χ4v) is 2.52. The zero-order valence-electron chi connectivity index (χ0n) is 13.2. The topological polar surface area (TPSA) is 58.6 Å². The number of carbonyl (C=O) groups is 2. The number of hydrogen-bond donors (Lipinski definition) is 1. The fourth-order valence-electron chi connectivity index (χ4n) is 2.52. The second-order valence-corrected chi connectivity index (χ2v) is 5.56. The van der Waals surface area contributed by atoms with Crippen molar-refractivity contribution in [1.82, 2.24) is 5.32 Å². The summed E-state index contributed by atoms with van der Waals surface area (Å²) in [5.74, 6) is -0.298. The molecule has 1 heterocycles. The summed E-state index contributed by atoms with van der Waals surface area (Å²) in [7, 11) is 0. The zero-order chi connectivity index (χ0) is 17.1. The smallest absolute Gasteiger partial charge is 0.268 e. The monoisotopic (exact) mass is 328 g/mol. The molecular weight excluding hydrogens is 311 g/mol. The Hall–Kier alpha value is -2.89. The SMILES string of the molecule is C[C@@H]1Oc2ccccc2N(CC(=O)NCc2ccc(F)cc2)C1=O. The molecule has 0 aromatic heterocycles. The number of benzene rings is 2. The normalized spacial score (nSPS) is 16.3. The van der Waals surface area contributed by atoms with Crippen molar-refractivity contribution < 1.29 is 18.7 Å². The Morgan fingerprint density at radius 2 is 1.92 bits per heavy atom. The van der Waals surface area contributed by atoms with Crippen molar-refractivity contribution in [3.05, 3.63) is 59.9 Å². The van der Waals surface area contributed by atoms with E-state index in [0.29, 0.717) is 11.4 Å². The molecule has 2 amide bonds. The number of carbonyl (C=O) groups excluding carboxylic acids is 2. The number of para-hydroxylation sites is 2. The first kappa shape index (κ1) is 16.0. The molecule has 0 bridgehead atoms. The summed E-state index contributed by atoms with van der Waals surface area (Å²) in [4.78, 5) is 25.9. The van der Waals surface area contributed by atoms with Crippen LogP contribution in [-0.4, -0.2) is 24.5 Å². The maximum atomic E-state index is 12.9. The van der Waals surface area contributed by atoms with Crippen molar-refractivity contribution in [3.8, 4) is 5.75 Å². The third-order valence-corrected chi connectivity index (χ3v) is 3.78. The van der Waals surface area contributed by atoms with E-state index in [-0.39, 0.29) is 30.7 Å². The van der Waals surface area contributed by atoms with E-state index in [1.54, 1.807) is 37.3 Å². The number of fused-ring (bicyclic) bond motifs is 1. The fraction of sp³-hybridized carbons (Fsp3) is 0.222. The van der Waals surface area contributed by atoms with Crippen LogP contribution in [0.1, 0.15) is 12.5 Å². The van der Waals surface area contributed by atoms with Crippen LogP contribution in [0.25, 0.3) is 0 Å². The lowest BCUT2D eigenvalue weighted by Gasteiger charge is -2.32. The molecule has 0 radical (unpaired) electrons. The van der Waals surface area contributed by atoms with Gasteiger partial charge in [0.1, 0.15) is 18.1 Å². The van der Waals surface area contributed by atoms with E-state index in [1.807, 2.05) is 6.07 Å². The van der Waals surface area contributed by atoms with Gasteiger partial charge in [0.2, 0.25) is 5.91 Å². The van der Waals surface area contributed by atoms with Crippen LogP contribution in [0.5, 0.6) is 5.75 Å².